The van der Waals surface area contributed by atoms with Gasteiger partial charge in [-0.2, -0.15) is 0 Å². The van der Waals surface area contributed by atoms with Crippen LogP contribution in [0.15, 0.2) is 18.2 Å². The zero-order chi connectivity index (χ0) is 15.2. The highest BCUT2D eigenvalue weighted by Gasteiger charge is 2.28. The van der Waals surface area contributed by atoms with Crippen LogP contribution in [0.1, 0.15) is 56.2 Å². The zero-order valence-corrected chi connectivity index (χ0v) is 12.9. The molecule has 0 radical (unpaired) electrons. The summed E-state index contributed by atoms with van der Waals surface area (Å²) in [6, 6.07) is 5.36. The molecule has 3 rings (SSSR count). The fraction of sp³-hybridized carbons (Fsp3) is 0.529. The normalized spacial score (nSPS) is 16.1. The van der Waals surface area contributed by atoms with Crippen LogP contribution in [-0.4, -0.2) is 20.6 Å². The van der Waals surface area contributed by atoms with Crippen molar-refractivity contribution in [3.63, 3.8) is 0 Å². The van der Waals surface area contributed by atoms with E-state index in [1.54, 1.807) is 12.1 Å². The topological polar surface area (TPSA) is 55.1 Å². The molecule has 0 unspecified atom stereocenters. The maximum atomic E-state index is 11.6. The van der Waals surface area contributed by atoms with Crippen molar-refractivity contribution in [2.75, 3.05) is 0 Å². The number of carboxylic acid groups (broad SMARTS) is 1. The minimum absolute atomic E-state index is 0.0987. The smallest absolute Gasteiger partial charge is 0.337 e. The number of imidazole rings is 1. The van der Waals surface area contributed by atoms with Gasteiger partial charge >= 0.3 is 5.97 Å². The van der Waals surface area contributed by atoms with E-state index in [1.165, 1.54) is 19.3 Å². The Morgan fingerprint density at radius 3 is 2.62 bits per heavy atom. The summed E-state index contributed by atoms with van der Waals surface area (Å²) in [5.74, 6) is 0.763. The third kappa shape index (κ3) is 2.43. The average molecular weight is 286 g/mol. The summed E-state index contributed by atoms with van der Waals surface area (Å²) in [6.45, 7) is 7.27. The van der Waals surface area contributed by atoms with Crippen molar-refractivity contribution in [1.29, 1.82) is 0 Å². The number of nitrogens with zero attached hydrogens (tertiary/aromatic N) is 2. The van der Waals surface area contributed by atoms with Gasteiger partial charge in [0, 0.05) is 12.0 Å². The van der Waals surface area contributed by atoms with Crippen LogP contribution in [0.4, 0.5) is 0 Å². The first-order valence-electron chi connectivity index (χ1n) is 7.61. The lowest BCUT2D eigenvalue weighted by Gasteiger charge is -2.29. The molecule has 0 bridgehead atoms. The Balaban J connectivity index is 2.23. The van der Waals surface area contributed by atoms with E-state index in [0.29, 0.717) is 11.5 Å². The summed E-state index contributed by atoms with van der Waals surface area (Å²) in [5.41, 5.74) is 1.83. The van der Waals surface area contributed by atoms with Crippen LogP contribution in [0.25, 0.3) is 11.0 Å². The lowest BCUT2D eigenvalue weighted by Crippen LogP contribution is -2.25. The molecule has 1 aromatic heterocycles. The first kappa shape index (κ1) is 14.1. The molecule has 1 aliphatic carbocycles. The fourth-order valence-corrected chi connectivity index (χ4v) is 3.04. The number of hydrogen-bond acceptors (Lipinski definition) is 2. The maximum Gasteiger partial charge on any atom is 0.337 e. The van der Waals surface area contributed by atoms with Gasteiger partial charge in [-0.3, -0.25) is 0 Å². The van der Waals surface area contributed by atoms with E-state index in [0.717, 1.165) is 23.4 Å². The van der Waals surface area contributed by atoms with Gasteiger partial charge in [0.2, 0.25) is 0 Å². The molecule has 1 N–H and O–H groups in total. The summed E-state index contributed by atoms with van der Waals surface area (Å²) in [4.78, 5) is 16.3. The van der Waals surface area contributed by atoms with Crippen LogP contribution in [0.3, 0.4) is 0 Å². The lowest BCUT2D eigenvalue weighted by molar-refractivity contribution is 0.0698. The Kier molecular flexibility index (Phi) is 3.27. The predicted octanol–water partition coefficient (Wildman–Crippen LogP) is 3.83. The first-order chi connectivity index (χ1) is 9.88. The molecule has 0 saturated heterocycles. The van der Waals surface area contributed by atoms with Gasteiger partial charge in [0.15, 0.2) is 0 Å². The Hall–Kier alpha value is -1.84. The molecule has 0 spiro atoms. The summed E-state index contributed by atoms with van der Waals surface area (Å²) in [6.07, 6.45) is 3.75. The van der Waals surface area contributed by atoms with Crippen molar-refractivity contribution >= 4 is 17.0 Å². The maximum absolute atomic E-state index is 11.6. The standard InChI is InChI=1S/C17H22N2O2/c1-17(2,3)16-18-13-9-5-8-12(15(20)21)14(13)19(16)10-11-6-4-7-11/h5,8-9,11H,4,6-7,10H2,1-3H3,(H,20,21). The van der Waals surface area contributed by atoms with E-state index in [2.05, 4.69) is 25.3 Å². The number of benzene rings is 1. The highest BCUT2D eigenvalue weighted by atomic mass is 16.4. The number of fused-ring (bicyclic) bond motifs is 1. The summed E-state index contributed by atoms with van der Waals surface area (Å²) in [5, 5.41) is 9.48. The second-order valence-corrected chi connectivity index (χ2v) is 7.07. The molecule has 0 amide bonds. The second kappa shape index (κ2) is 4.86. The van der Waals surface area contributed by atoms with Gasteiger partial charge in [0.25, 0.3) is 0 Å². The number of carbonyl (C=O) groups is 1. The molecule has 21 heavy (non-hydrogen) atoms. The van der Waals surface area contributed by atoms with Crippen LogP contribution in [-0.2, 0) is 12.0 Å². The van der Waals surface area contributed by atoms with E-state index in [9.17, 15) is 9.90 Å². The van der Waals surface area contributed by atoms with Gasteiger partial charge in [-0.1, -0.05) is 33.3 Å². The molecule has 112 valence electrons. The van der Waals surface area contributed by atoms with Gasteiger partial charge in [-0.05, 0) is 30.9 Å². The van der Waals surface area contributed by atoms with Crippen LogP contribution >= 0.6 is 0 Å². The fourth-order valence-electron chi connectivity index (χ4n) is 3.04. The zero-order valence-electron chi connectivity index (χ0n) is 12.9. The minimum atomic E-state index is -0.879. The van der Waals surface area contributed by atoms with Gasteiger partial charge in [-0.15, -0.1) is 0 Å². The lowest BCUT2D eigenvalue weighted by atomic mass is 9.85. The van der Waals surface area contributed by atoms with Crippen molar-refractivity contribution in [2.24, 2.45) is 5.92 Å². The Labute approximate surface area is 124 Å². The first-order valence-corrected chi connectivity index (χ1v) is 7.61. The number of hydrogen-bond donors (Lipinski definition) is 1. The second-order valence-electron chi connectivity index (χ2n) is 7.07. The number of rotatable bonds is 3. The number of aromatic nitrogens is 2. The average Bonchev–Trinajstić information content (AvgIpc) is 2.72. The molecule has 1 saturated carbocycles. The van der Waals surface area contributed by atoms with Crippen molar-refractivity contribution in [1.82, 2.24) is 9.55 Å². The van der Waals surface area contributed by atoms with Crippen LogP contribution < -0.4 is 0 Å². The van der Waals surface area contributed by atoms with E-state index < -0.39 is 5.97 Å². The molecule has 1 aromatic carbocycles. The molecule has 4 nitrogen and oxygen atoms in total. The minimum Gasteiger partial charge on any atom is -0.478 e. The van der Waals surface area contributed by atoms with E-state index in [4.69, 9.17) is 4.98 Å². The summed E-state index contributed by atoms with van der Waals surface area (Å²) in [7, 11) is 0. The quantitative estimate of drug-likeness (QED) is 0.933. The Bertz CT molecular complexity index is 691. The number of aromatic carboxylic acids is 1. The van der Waals surface area contributed by atoms with Gasteiger partial charge in [-0.25, -0.2) is 9.78 Å². The highest BCUT2D eigenvalue weighted by Crippen LogP contribution is 2.33. The predicted molar refractivity (Wildman–Crippen MR) is 82.7 cm³/mol. The largest absolute Gasteiger partial charge is 0.478 e. The molecule has 0 atom stereocenters. The highest BCUT2D eigenvalue weighted by molar-refractivity contribution is 6.01. The van der Waals surface area contributed by atoms with E-state index in [-0.39, 0.29) is 5.41 Å². The van der Waals surface area contributed by atoms with E-state index in [1.807, 2.05) is 6.07 Å². The summed E-state index contributed by atoms with van der Waals surface area (Å²) < 4.78 is 2.16. The number of carboxylic acids is 1. The van der Waals surface area contributed by atoms with Gasteiger partial charge in [0.1, 0.15) is 5.82 Å². The Morgan fingerprint density at radius 1 is 1.38 bits per heavy atom. The van der Waals surface area contributed by atoms with Gasteiger partial charge < -0.3 is 9.67 Å². The third-order valence-corrected chi connectivity index (χ3v) is 4.33. The molecule has 0 aliphatic heterocycles. The van der Waals surface area contributed by atoms with Crippen molar-refractivity contribution in [3.8, 4) is 0 Å². The number of para-hydroxylation sites is 1. The van der Waals surface area contributed by atoms with Crippen LogP contribution in [0.5, 0.6) is 0 Å². The third-order valence-electron chi connectivity index (χ3n) is 4.33. The molecule has 2 aromatic rings. The molecule has 1 aliphatic rings. The van der Waals surface area contributed by atoms with Crippen molar-refractivity contribution < 1.29 is 9.90 Å². The molecular formula is C17H22N2O2. The van der Waals surface area contributed by atoms with E-state index >= 15 is 0 Å². The van der Waals surface area contributed by atoms with Crippen LogP contribution in [0.2, 0.25) is 0 Å². The molecule has 1 fully saturated rings. The van der Waals surface area contributed by atoms with Gasteiger partial charge in [0.05, 0.1) is 16.6 Å². The van der Waals surface area contributed by atoms with Crippen LogP contribution in [0, 0.1) is 5.92 Å². The van der Waals surface area contributed by atoms with Crippen molar-refractivity contribution in [2.45, 2.75) is 52.0 Å². The molecular weight excluding hydrogens is 264 g/mol. The van der Waals surface area contributed by atoms with Crippen molar-refractivity contribution in [3.05, 3.63) is 29.6 Å². The molecule has 4 heteroatoms. The molecule has 1 heterocycles. The summed E-state index contributed by atoms with van der Waals surface area (Å²) >= 11 is 0. The SMILES string of the molecule is CC(C)(C)c1nc2cccc(C(=O)O)c2n1CC1CCC1. The Morgan fingerprint density at radius 2 is 2.10 bits per heavy atom. The monoisotopic (exact) mass is 286 g/mol.